The number of benzene rings is 1. The van der Waals surface area contributed by atoms with E-state index in [0.717, 1.165) is 18.5 Å². The summed E-state index contributed by atoms with van der Waals surface area (Å²) in [7, 11) is 0. The third-order valence-corrected chi connectivity index (χ3v) is 6.73. The first kappa shape index (κ1) is 29.8. The van der Waals surface area contributed by atoms with Gasteiger partial charge in [0.2, 0.25) is 0 Å². The Hall–Kier alpha value is -2.41. The van der Waals surface area contributed by atoms with Gasteiger partial charge in [0.05, 0.1) is 0 Å². The van der Waals surface area contributed by atoms with Crippen LogP contribution >= 0.6 is 12.2 Å². The zero-order chi connectivity index (χ0) is 25.8. The molecule has 0 saturated carbocycles. The fraction of sp³-hybridized carbons (Fsp3) is 0.621. The SMILES string of the molecule is CCCCCCCCCCCCCCCCCCNC(=O)c1c(Nc2ccccc2)nc(=S)[nH]c1N. The molecule has 0 atom stereocenters. The number of hydrogen-bond acceptors (Lipinski definition) is 5. The molecule has 6 nitrogen and oxygen atoms in total. The summed E-state index contributed by atoms with van der Waals surface area (Å²) in [4.78, 5) is 19.9. The number of H-pyrrole nitrogens is 1. The number of amides is 1. The van der Waals surface area contributed by atoms with Gasteiger partial charge in [-0.25, -0.2) is 4.98 Å². The predicted octanol–water partition coefficient (Wildman–Crippen LogP) is 8.46. The summed E-state index contributed by atoms with van der Waals surface area (Å²) in [5.74, 6) is 0.343. The molecule has 0 aliphatic rings. The van der Waals surface area contributed by atoms with Gasteiger partial charge in [0, 0.05) is 12.2 Å². The maximum absolute atomic E-state index is 12.8. The average Bonchev–Trinajstić information content (AvgIpc) is 2.86. The van der Waals surface area contributed by atoms with Crippen molar-refractivity contribution in [2.45, 2.75) is 110 Å². The lowest BCUT2D eigenvalue weighted by Gasteiger charge is -2.13. The van der Waals surface area contributed by atoms with Gasteiger partial charge in [0.25, 0.3) is 5.91 Å². The van der Waals surface area contributed by atoms with Gasteiger partial charge in [-0.3, -0.25) is 4.79 Å². The van der Waals surface area contributed by atoms with Crippen molar-refractivity contribution in [1.82, 2.24) is 15.3 Å². The van der Waals surface area contributed by atoms with Gasteiger partial charge in [0.15, 0.2) is 4.77 Å². The Balaban J connectivity index is 1.53. The number of para-hydroxylation sites is 1. The zero-order valence-electron chi connectivity index (χ0n) is 22.2. The second kappa shape index (κ2) is 18.8. The molecule has 0 fully saturated rings. The molecule has 1 heterocycles. The fourth-order valence-electron chi connectivity index (χ4n) is 4.43. The molecule has 0 radical (unpaired) electrons. The predicted molar refractivity (Wildman–Crippen MR) is 155 cm³/mol. The lowest BCUT2D eigenvalue weighted by atomic mass is 10.0. The minimum atomic E-state index is -0.245. The molecule has 0 bridgehead atoms. The minimum Gasteiger partial charge on any atom is -0.384 e. The lowest BCUT2D eigenvalue weighted by Crippen LogP contribution is -2.27. The van der Waals surface area contributed by atoms with Crippen LogP contribution in [0.3, 0.4) is 0 Å². The molecule has 1 amide bonds. The molecule has 2 rings (SSSR count). The van der Waals surface area contributed by atoms with E-state index in [0.29, 0.717) is 17.9 Å². The Bertz CT molecular complexity index is 916. The van der Waals surface area contributed by atoms with E-state index < -0.39 is 0 Å². The van der Waals surface area contributed by atoms with Crippen molar-refractivity contribution in [2.24, 2.45) is 0 Å². The second-order valence-corrected chi connectivity index (χ2v) is 10.1. The van der Waals surface area contributed by atoms with Crippen LogP contribution in [0.2, 0.25) is 0 Å². The first-order chi connectivity index (χ1) is 17.6. The number of rotatable bonds is 20. The summed E-state index contributed by atoms with van der Waals surface area (Å²) in [5.41, 5.74) is 7.19. The number of nitrogen functional groups attached to an aromatic ring is 1. The highest BCUT2D eigenvalue weighted by Crippen LogP contribution is 2.22. The quantitative estimate of drug-likeness (QED) is 0.105. The molecule has 5 N–H and O–H groups in total. The fourth-order valence-corrected chi connectivity index (χ4v) is 4.63. The topological polar surface area (TPSA) is 95.8 Å². The van der Waals surface area contributed by atoms with Crippen molar-refractivity contribution in [1.29, 1.82) is 0 Å². The average molecular weight is 514 g/mol. The van der Waals surface area contributed by atoms with Crippen LogP contribution in [-0.4, -0.2) is 22.4 Å². The molecule has 0 aliphatic heterocycles. The van der Waals surface area contributed by atoms with E-state index in [2.05, 4.69) is 27.5 Å². The molecule has 2 aromatic rings. The minimum absolute atomic E-state index is 0.220. The molecular weight excluding hydrogens is 466 g/mol. The Labute approximate surface area is 223 Å². The molecule has 0 aliphatic carbocycles. The van der Waals surface area contributed by atoms with Crippen LogP contribution < -0.4 is 16.4 Å². The molecule has 1 aromatic carbocycles. The standard InChI is InChI=1S/C29H47N5OS/c1-2-3-4-5-6-7-8-9-10-11-12-13-14-15-16-20-23-31-28(35)25-26(30)33-29(36)34-27(25)32-24-21-18-17-19-22-24/h17-19,21-22H,2-16,20,23H2,1H3,(H,31,35)(H4,30,32,33,34,36). The highest BCUT2D eigenvalue weighted by atomic mass is 32.1. The first-order valence-electron chi connectivity index (χ1n) is 14.1. The Morgan fingerprint density at radius 1 is 0.833 bits per heavy atom. The van der Waals surface area contributed by atoms with Crippen LogP contribution in [0.5, 0.6) is 0 Å². The van der Waals surface area contributed by atoms with Gasteiger partial charge < -0.3 is 21.4 Å². The van der Waals surface area contributed by atoms with Crippen LogP contribution in [0.15, 0.2) is 30.3 Å². The Morgan fingerprint density at radius 2 is 1.33 bits per heavy atom. The van der Waals surface area contributed by atoms with Crippen LogP contribution in [0, 0.1) is 4.77 Å². The van der Waals surface area contributed by atoms with Crippen molar-refractivity contribution in [3.05, 3.63) is 40.7 Å². The van der Waals surface area contributed by atoms with Gasteiger partial charge in [-0.1, -0.05) is 121 Å². The third kappa shape index (κ3) is 12.5. The van der Waals surface area contributed by atoms with Gasteiger partial charge in [0.1, 0.15) is 17.2 Å². The van der Waals surface area contributed by atoms with Crippen LogP contribution in [0.25, 0.3) is 0 Å². The van der Waals surface area contributed by atoms with E-state index in [1.54, 1.807) is 0 Å². The highest BCUT2D eigenvalue weighted by Gasteiger charge is 2.17. The van der Waals surface area contributed by atoms with Gasteiger partial charge in [-0.05, 0) is 30.8 Å². The number of aromatic nitrogens is 2. The summed E-state index contributed by atoms with van der Waals surface area (Å²) in [6.07, 6.45) is 21.3. The number of carbonyl (C=O) groups excluding carboxylic acids is 1. The van der Waals surface area contributed by atoms with Gasteiger partial charge >= 0.3 is 0 Å². The molecule has 0 spiro atoms. The summed E-state index contributed by atoms with van der Waals surface area (Å²) in [6.45, 7) is 2.90. The number of nitrogens with two attached hydrogens (primary N) is 1. The van der Waals surface area contributed by atoms with Gasteiger partial charge in [-0.2, -0.15) is 0 Å². The van der Waals surface area contributed by atoms with Crippen molar-refractivity contribution in [3.8, 4) is 0 Å². The van der Waals surface area contributed by atoms with E-state index in [-0.39, 0.29) is 16.5 Å². The van der Waals surface area contributed by atoms with E-state index in [4.69, 9.17) is 18.0 Å². The van der Waals surface area contributed by atoms with Crippen LogP contribution in [-0.2, 0) is 0 Å². The number of unbranched alkanes of at least 4 members (excludes halogenated alkanes) is 15. The molecule has 36 heavy (non-hydrogen) atoms. The van der Waals surface area contributed by atoms with Crippen molar-refractivity contribution in [3.63, 3.8) is 0 Å². The molecule has 0 unspecified atom stereocenters. The Kier molecular flexibility index (Phi) is 15.6. The molecular formula is C29H47N5OS. The second-order valence-electron chi connectivity index (χ2n) is 9.73. The van der Waals surface area contributed by atoms with Crippen LogP contribution in [0.4, 0.5) is 17.3 Å². The highest BCUT2D eigenvalue weighted by molar-refractivity contribution is 7.71. The summed E-state index contributed by atoms with van der Waals surface area (Å²) >= 11 is 5.14. The number of aromatic amines is 1. The summed E-state index contributed by atoms with van der Waals surface area (Å²) in [6, 6.07) is 9.54. The molecule has 0 saturated heterocycles. The van der Waals surface area contributed by atoms with Crippen LogP contribution in [0.1, 0.15) is 120 Å². The lowest BCUT2D eigenvalue weighted by molar-refractivity contribution is 0.0954. The third-order valence-electron chi connectivity index (χ3n) is 6.54. The zero-order valence-corrected chi connectivity index (χ0v) is 23.1. The summed E-state index contributed by atoms with van der Waals surface area (Å²) < 4.78 is 0.236. The number of nitrogens with one attached hydrogen (secondary N) is 3. The van der Waals surface area contributed by atoms with Crippen molar-refractivity contribution in [2.75, 3.05) is 17.6 Å². The van der Waals surface area contributed by atoms with Crippen molar-refractivity contribution >= 4 is 35.4 Å². The number of nitrogens with zero attached hydrogens (tertiary/aromatic N) is 1. The number of anilines is 3. The number of hydrogen-bond donors (Lipinski definition) is 4. The Morgan fingerprint density at radius 3 is 1.86 bits per heavy atom. The largest absolute Gasteiger partial charge is 0.384 e. The van der Waals surface area contributed by atoms with Gasteiger partial charge in [-0.15, -0.1) is 0 Å². The van der Waals surface area contributed by atoms with E-state index in [1.807, 2.05) is 30.3 Å². The maximum Gasteiger partial charge on any atom is 0.258 e. The van der Waals surface area contributed by atoms with Crippen molar-refractivity contribution < 1.29 is 4.79 Å². The van der Waals surface area contributed by atoms with E-state index >= 15 is 0 Å². The smallest absolute Gasteiger partial charge is 0.258 e. The van der Waals surface area contributed by atoms with E-state index in [1.165, 1.54) is 89.9 Å². The molecule has 200 valence electrons. The summed E-state index contributed by atoms with van der Waals surface area (Å²) in [5, 5.41) is 6.14. The number of carbonyl (C=O) groups is 1. The van der Waals surface area contributed by atoms with E-state index in [9.17, 15) is 4.79 Å². The molecule has 1 aromatic heterocycles. The maximum atomic E-state index is 12.8. The first-order valence-corrected chi connectivity index (χ1v) is 14.5. The monoisotopic (exact) mass is 513 g/mol. The molecule has 7 heteroatoms. The normalized spacial score (nSPS) is 10.9.